The number of carboxylic acids is 1. The molecule has 1 rings (SSSR count). The molecule has 1 amide bonds. The van der Waals surface area contributed by atoms with Crippen LogP contribution in [0.3, 0.4) is 0 Å². The molecule has 1 N–H and O–H groups in total. The predicted octanol–water partition coefficient (Wildman–Crippen LogP) is 0.877. The number of unbranched alkanes of at least 4 members (excludes halogenated alkanes) is 1. The molecule has 0 aliphatic carbocycles. The lowest BCUT2D eigenvalue weighted by Crippen LogP contribution is -2.40. The Hall–Kier alpha value is -1.10. The molecule has 0 saturated carbocycles. The summed E-state index contributed by atoms with van der Waals surface area (Å²) in [5.74, 6) is -1.02. The van der Waals surface area contributed by atoms with E-state index in [1.54, 1.807) is 7.11 Å². The first-order chi connectivity index (χ1) is 7.60. The smallest absolute Gasteiger partial charge is 0.326 e. The standard InChI is InChI=1S/C11H19NO4/c1-3-4-5-10(13)12-7-8(16-2)6-9(12)11(14)15/h8-9H,3-7H2,1-2H3,(H,14,15). The molecule has 16 heavy (non-hydrogen) atoms. The third-order valence-corrected chi connectivity index (χ3v) is 2.95. The van der Waals surface area contributed by atoms with Gasteiger partial charge in [-0.2, -0.15) is 0 Å². The van der Waals surface area contributed by atoms with Crippen LogP contribution >= 0.6 is 0 Å². The number of methoxy groups -OCH3 is 1. The fraction of sp³-hybridized carbons (Fsp3) is 0.818. The zero-order chi connectivity index (χ0) is 12.1. The van der Waals surface area contributed by atoms with Crippen LogP contribution in [0, 0.1) is 0 Å². The van der Waals surface area contributed by atoms with Gasteiger partial charge in [0, 0.05) is 26.5 Å². The first-order valence-corrected chi connectivity index (χ1v) is 5.65. The summed E-state index contributed by atoms with van der Waals surface area (Å²) in [6, 6.07) is -0.714. The molecule has 0 aromatic carbocycles. The monoisotopic (exact) mass is 229 g/mol. The van der Waals surface area contributed by atoms with Gasteiger partial charge in [0.15, 0.2) is 0 Å². The van der Waals surface area contributed by atoms with E-state index in [9.17, 15) is 9.59 Å². The molecule has 0 radical (unpaired) electrons. The van der Waals surface area contributed by atoms with Gasteiger partial charge in [0.2, 0.25) is 5.91 Å². The van der Waals surface area contributed by atoms with E-state index >= 15 is 0 Å². The predicted molar refractivity (Wildman–Crippen MR) is 58.1 cm³/mol. The van der Waals surface area contributed by atoms with E-state index in [-0.39, 0.29) is 12.0 Å². The highest BCUT2D eigenvalue weighted by Crippen LogP contribution is 2.21. The molecule has 0 spiro atoms. The highest BCUT2D eigenvalue weighted by molar-refractivity contribution is 5.84. The maximum atomic E-state index is 11.8. The van der Waals surface area contributed by atoms with Crippen molar-refractivity contribution in [3.8, 4) is 0 Å². The number of hydrogen-bond donors (Lipinski definition) is 1. The maximum absolute atomic E-state index is 11.8. The van der Waals surface area contributed by atoms with Gasteiger partial charge in [-0.3, -0.25) is 4.79 Å². The van der Waals surface area contributed by atoms with Crippen LogP contribution in [0.15, 0.2) is 0 Å². The van der Waals surface area contributed by atoms with Crippen molar-refractivity contribution in [3.05, 3.63) is 0 Å². The summed E-state index contributed by atoms with van der Waals surface area (Å²) >= 11 is 0. The van der Waals surface area contributed by atoms with E-state index < -0.39 is 12.0 Å². The van der Waals surface area contributed by atoms with Crippen LogP contribution < -0.4 is 0 Å². The molecule has 1 aliphatic rings. The Bertz CT molecular complexity index is 267. The molecule has 92 valence electrons. The second-order valence-corrected chi connectivity index (χ2v) is 4.10. The molecule has 1 heterocycles. The van der Waals surface area contributed by atoms with Crippen molar-refractivity contribution in [2.45, 2.75) is 44.8 Å². The van der Waals surface area contributed by atoms with E-state index in [4.69, 9.17) is 9.84 Å². The number of carbonyl (C=O) groups excluding carboxylic acids is 1. The minimum atomic E-state index is -0.940. The Labute approximate surface area is 95.4 Å². The summed E-state index contributed by atoms with van der Waals surface area (Å²) in [6.45, 7) is 2.40. The molecule has 5 heteroatoms. The van der Waals surface area contributed by atoms with Crippen molar-refractivity contribution < 1.29 is 19.4 Å². The third-order valence-electron chi connectivity index (χ3n) is 2.95. The summed E-state index contributed by atoms with van der Waals surface area (Å²) in [4.78, 5) is 24.2. The molecule has 1 aliphatic heterocycles. The number of ether oxygens (including phenoxy) is 1. The number of aliphatic carboxylic acids is 1. The van der Waals surface area contributed by atoms with E-state index in [1.807, 2.05) is 6.92 Å². The molecule has 2 atom stereocenters. The molecule has 0 bridgehead atoms. The Morgan fingerprint density at radius 2 is 2.19 bits per heavy atom. The Balaban J connectivity index is 2.61. The SMILES string of the molecule is CCCCC(=O)N1CC(OC)CC1C(=O)O. The minimum Gasteiger partial charge on any atom is -0.480 e. The molecule has 1 fully saturated rings. The normalized spacial score (nSPS) is 24.8. The average molecular weight is 229 g/mol. The van der Waals surface area contributed by atoms with Crippen LogP contribution in [-0.2, 0) is 14.3 Å². The van der Waals surface area contributed by atoms with Crippen LogP contribution in [0.1, 0.15) is 32.6 Å². The number of hydrogen-bond acceptors (Lipinski definition) is 3. The molecule has 0 aromatic heterocycles. The second-order valence-electron chi connectivity index (χ2n) is 4.10. The summed E-state index contributed by atoms with van der Waals surface area (Å²) in [6.07, 6.45) is 2.41. The topological polar surface area (TPSA) is 66.8 Å². The van der Waals surface area contributed by atoms with E-state index in [1.165, 1.54) is 4.90 Å². The van der Waals surface area contributed by atoms with E-state index in [0.717, 1.165) is 12.8 Å². The fourth-order valence-corrected chi connectivity index (χ4v) is 1.95. The van der Waals surface area contributed by atoms with Gasteiger partial charge >= 0.3 is 5.97 Å². The first-order valence-electron chi connectivity index (χ1n) is 5.65. The number of carbonyl (C=O) groups is 2. The minimum absolute atomic E-state index is 0.0752. The van der Waals surface area contributed by atoms with E-state index in [0.29, 0.717) is 19.4 Å². The van der Waals surface area contributed by atoms with Crippen molar-refractivity contribution in [2.24, 2.45) is 0 Å². The van der Waals surface area contributed by atoms with Gasteiger partial charge < -0.3 is 14.7 Å². The molecular formula is C11H19NO4. The summed E-state index contributed by atoms with van der Waals surface area (Å²) < 4.78 is 5.12. The summed E-state index contributed by atoms with van der Waals surface area (Å²) in [5.41, 5.74) is 0. The van der Waals surface area contributed by atoms with Crippen molar-refractivity contribution in [1.82, 2.24) is 4.90 Å². The molecule has 0 aromatic rings. The lowest BCUT2D eigenvalue weighted by molar-refractivity contribution is -0.148. The van der Waals surface area contributed by atoms with Crippen molar-refractivity contribution in [1.29, 1.82) is 0 Å². The number of likely N-dealkylation sites (tertiary alicyclic amines) is 1. The van der Waals surface area contributed by atoms with Crippen molar-refractivity contribution >= 4 is 11.9 Å². The number of carboxylic acid groups (broad SMARTS) is 1. The largest absolute Gasteiger partial charge is 0.480 e. The number of amides is 1. The van der Waals surface area contributed by atoms with Gasteiger partial charge in [0.05, 0.1) is 6.10 Å². The highest BCUT2D eigenvalue weighted by atomic mass is 16.5. The van der Waals surface area contributed by atoms with Gasteiger partial charge in [-0.1, -0.05) is 13.3 Å². The van der Waals surface area contributed by atoms with Gasteiger partial charge in [0.1, 0.15) is 6.04 Å². The van der Waals surface area contributed by atoms with E-state index in [2.05, 4.69) is 0 Å². The zero-order valence-electron chi connectivity index (χ0n) is 9.81. The van der Waals surface area contributed by atoms with Crippen LogP contribution in [0.25, 0.3) is 0 Å². The van der Waals surface area contributed by atoms with Crippen molar-refractivity contribution in [3.63, 3.8) is 0 Å². The van der Waals surface area contributed by atoms with Crippen LogP contribution in [0.2, 0.25) is 0 Å². The molecule has 1 saturated heterocycles. The highest BCUT2D eigenvalue weighted by Gasteiger charge is 2.39. The molecular weight excluding hydrogens is 210 g/mol. The Kier molecular flexibility index (Phi) is 4.73. The van der Waals surface area contributed by atoms with Crippen molar-refractivity contribution in [2.75, 3.05) is 13.7 Å². The summed E-state index contributed by atoms with van der Waals surface area (Å²) in [7, 11) is 1.55. The fourth-order valence-electron chi connectivity index (χ4n) is 1.95. The molecule has 2 unspecified atom stereocenters. The van der Waals surface area contributed by atoms with Crippen LogP contribution in [0.4, 0.5) is 0 Å². The Morgan fingerprint density at radius 3 is 2.69 bits per heavy atom. The number of rotatable bonds is 5. The first kappa shape index (κ1) is 13.0. The summed E-state index contributed by atoms with van der Waals surface area (Å²) in [5, 5.41) is 9.02. The van der Waals surface area contributed by atoms with Gasteiger partial charge in [-0.05, 0) is 6.42 Å². The van der Waals surface area contributed by atoms with Gasteiger partial charge in [0.25, 0.3) is 0 Å². The Morgan fingerprint density at radius 1 is 1.50 bits per heavy atom. The maximum Gasteiger partial charge on any atom is 0.326 e. The third kappa shape index (κ3) is 2.95. The second kappa shape index (κ2) is 5.84. The quantitative estimate of drug-likeness (QED) is 0.759. The average Bonchev–Trinajstić information content (AvgIpc) is 2.70. The van der Waals surface area contributed by atoms with Crippen LogP contribution in [0.5, 0.6) is 0 Å². The lowest BCUT2D eigenvalue weighted by atomic mass is 10.2. The zero-order valence-corrected chi connectivity index (χ0v) is 9.81. The van der Waals surface area contributed by atoms with Gasteiger partial charge in [-0.25, -0.2) is 4.79 Å². The van der Waals surface area contributed by atoms with Crippen LogP contribution in [-0.4, -0.2) is 47.7 Å². The molecule has 5 nitrogen and oxygen atoms in total. The lowest BCUT2D eigenvalue weighted by Gasteiger charge is -2.21. The van der Waals surface area contributed by atoms with Gasteiger partial charge in [-0.15, -0.1) is 0 Å². The number of nitrogens with zero attached hydrogens (tertiary/aromatic N) is 1.